The first kappa shape index (κ1) is 16.7. The van der Waals surface area contributed by atoms with Crippen molar-refractivity contribution in [3.63, 3.8) is 0 Å². The lowest BCUT2D eigenvalue weighted by Crippen LogP contribution is -2.15. The normalized spacial score (nSPS) is 11.0. The number of halogens is 1. The van der Waals surface area contributed by atoms with Crippen molar-refractivity contribution in [2.75, 3.05) is 11.1 Å². The van der Waals surface area contributed by atoms with Crippen molar-refractivity contribution < 1.29 is 4.79 Å². The molecular weight excluding hydrogens is 346 g/mol. The number of carbonyl (C=O) groups is 1. The minimum absolute atomic E-state index is 0.125. The van der Waals surface area contributed by atoms with Gasteiger partial charge in [-0.15, -0.1) is 10.2 Å². The van der Waals surface area contributed by atoms with Crippen LogP contribution in [0.3, 0.4) is 0 Å². The van der Waals surface area contributed by atoms with Gasteiger partial charge in [-0.2, -0.15) is 0 Å². The third-order valence-electron chi connectivity index (χ3n) is 3.47. The molecule has 0 spiro atoms. The summed E-state index contributed by atoms with van der Waals surface area (Å²) in [6.07, 6.45) is 0. The zero-order valence-electron chi connectivity index (χ0n) is 13.5. The first-order valence-corrected chi connectivity index (χ1v) is 8.68. The van der Waals surface area contributed by atoms with Crippen LogP contribution in [0.1, 0.15) is 17.0 Å². The highest BCUT2D eigenvalue weighted by Crippen LogP contribution is 2.22. The molecule has 124 valence electrons. The Bertz CT molecular complexity index is 924. The minimum atomic E-state index is -0.125. The summed E-state index contributed by atoms with van der Waals surface area (Å²) in [5.74, 6) is 0.640. The molecule has 3 aromatic rings. The lowest BCUT2D eigenvalue weighted by Gasteiger charge is -2.08. The summed E-state index contributed by atoms with van der Waals surface area (Å²) in [5, 5.41) is 12.3. The molecule has 0 saturated carbocycles. The highest BCUT2D eigenvalue weighted by atomic mass is 35.5. The summed E-state index contributed by atoms with van der Waals surface area (Å²) in [6, 6.07) is 7.36. The van der Waals surface area contributed by atoms with E-state index in [2.05, 4.69) is 20.5 Å². The zero-order valence-corrected chi connectivity index (χ0v) is 15.1. The smallest absolute Gasteiger partial charge is 0.256 e. The van der Waals surface area contributed by atoms with E-state index < -0.39 is 0 Å². The molecule has 24 heavy (non-hydrogen) atoms. The maximum atomic E-state index is 12.2. The second kappa shape index (κ2) is 6.78. The molecule has 0 aliphatic carbocycles. The number of nitrogens with one attached hydrogen (secondary N) is 1. The van der Waals surface area contributed by atoms with Gasteiger partial charge in [0.1, 0.15) is 0 Å². The molecule has 0 aliphatic heterocycles. The van der Waals surface area contributed by atoms with E-state index in [1.165, 1.54) is 11.8 Å². The van der Waals surface area contributed by atoms with Crippen LogP contribution < -0.4 is 5.32 Å². The molecule has 0 aliphatic rings. The van der Waals surface area contributed by atoms with Gasteiger partial charge in [-0.05, 0) is 44.5 Å². The van der Waals surface area contributed by atoms with Gasteiger partial charge in [-0.25, -0.2) is 4.98 Å². The van der Waals surface area contributed by atoms with Gasteiger partial charge in [0.2, 0.25) is 5.91 Å². The third kappa shape index (κ3) is 3.52. The molecule has 0 atom stereocenters. The predicted octanol–water partition coefficient (Wildman–Crippen LogP) is 3.43. The van der Waals surface area contributed by atoms with Crippen molar-refractivity contribution in [1.29, 1.82) is 0 Å². The Kier molecular flexibility index (Phi) is 4.73. The lowest BCUT2D eigenvalue weighted by atomic mass is 10.2. The molecule has 0 saturated heterocycles. The molecule has 2 heterocycles. The Morgan fingerprint density at radius 2 is 2.04 bits per heavy atom. The van der Waals surface area contributed by atoms with Gasteiger partial charge in [-0.1, -0.05) is 29.4 Å². The van der Waals surface area contributed by atoms with E-state index in [9.17, 15) is 4.79 Å². The first-order chi connectivity index (χ1) is 11.4. The molecule has 0 fully saturated rings. The first-order valence-electron chi connectivity index (χ1n) is 7.32. The van der Waals surface area contributed by atoms with Gasteiger partial charge < -0.3 is 5.32 Å². The molecule has 1 aromatic carbocycles. The molecule has 0 unspecified atom stereocenters. The predicted molar refractivity (Wildman–Crippen MR) is 95.8 cm³/mol. The number of hydrogen-bond donors (Lipinski definition) is 1. The number of rotatable bonds is 4. The Morgan fingerprint density at radius 3 is 2.83 bits per heavy atom. The van der Waals surface area contributed by atoms with Crippen LogP contribution in [0, 0.1) is 20.8 Å². The Balaban J connectivity index is 1.72. The number of fused-ring (bicyclic) bond motifs is 1. The monoisotopic (exact) mass is 361 g/mol. The molecule has 2 aromatic heterocycles. The summed E-state index contributed by atoms with van der Waals surface area (Å²) in [4.78, 5) is 16.5. The van der Waals surface area contributed by atoms with Gasteiger partial charge in [0.05, 0.1) is 5.75 Å². The maximum Gasteiger partial charge on any atom is 0.256 e. The van der Waals surface area contributed by atoms with E-state index >= 15 is 0 Å². The summed E-state index contributed by atoms with van der Waals surface area (Å²) >= 11 is 7.29. The fourth-order valence-corrected chi connectivity index (χ4v) is 3.30. The number of hydrogen-bond acceptors (Lipinski definition) is 5. The van der Waals surface area contributed by atoms with Gasteiger partial charge in [0, 0.05) is 22.1 Å². The Morgan fingerprint density at radius 1 is 1.25 bits per heavy atom. The molecule has 3 rings (SSSR count). The number of aromatic nitrogens is 4. The average molecular weight is 362 g/mol. The van der Waals surface area contributed by atoms with Crippen LogP contribution >= 0.6 is 23.4 Å². The zero-order chi connectivity index (χ0) is 17.3. The summed E-state index contributed by atoms with van der Waals surface area (Å²) < 4.78 is 1.84. The fraction of sp³-hybridized carbons (Fsp3) is 0.250. The standard InChI is InChI=1S/C16H16ClN5OS/c1-9-4-5-12(17)7-13(9)19-14(23)8-24-16-21-20-15-18-10(2)6-11(3)22(15)16/h4-7H,8H2,1-3H3,(H,19,23). The van der Waals surface area contributed by atoms with E-state index in [0.29, 0.717) is 21.6 Å². The van der Waals surface area contributed by atoms with Crippen LogP contribution in [0.4, 0.5) is 5.69 Å². The van der Waals surface area contributed by atoms with Crippen molar-refractivity contribution in [3.05, 3.63) is 46.2 Å². The summed E-state index contributed by atoms with van der Waals surface area (Å²) in [5.41, 5.74) is 3.54. The Labute approximate surface area is 148 Å². The van der Waals surface area contributed by atoms with Crippen LogP contribution in [0.5, 0.6) is 0 Å². The van der Waals surface area contributed by atoms with Gasteiger partial charge >= 0.3 is 0 Å². The summed E-state index contributed by atoms with van der Waals surface area (Å²) in [6.45, 7) is 5.79. The van der Waals surface area contributed by atoms with Gasteiger partial charge in [0.25, 0.3) is 5.78 Å². The second-order valence-electron chi connectivity index (χ2n) is 5.45. The Hall–Kier alpha value is -2.12. The highest BCUT2D eigenvalue weighted by Gasteiger charge is 2.13. The van der Waals surface area contributed by atoms with Crippen molar-refractivity contribution in [2.24, 2.45) is 0 Å². The average Bonchev–Trinajstić information content (AvgIpc) is 2.92. The SMILES string of the molecule is Cc1cc(C)n2c(SCC(=O)Nc3cc(Cl)ccc3C)nnc2n1. The van der Waals surface area contributed by atoms with Crippen molar-refractivity contribution in [1.82, 2.24) is 19.6 Å². The molecule has 1 amide bonds. The number of nitrogens with zero attached hydrogens (tertiary/aromatic N) is 4. The molecular formula is C16H16ClN5OS. The van der Waals surface area contributed by atoms with Gasteiger partial charge in [-0.3, -0.25) is 9.20 Å². The highest BCUT2D eigenvalue weighted by molar-refractivity contribution is 7.99. The van der Waals surface area contributed by atoms with Gasteiger partial charge in [0.15, 0.2) is 5.16 Å². The number of aryl methyl sites for hydroxylation is 3. The minimum Gasteiger partial charge on any atom is -0.325 e. The lowest BCUT2D eigenvalue weighted by molar-refractivity contribution is -0.113. The molecule has 0 bridgehead atoms. The molecule has 6 nitrogen and oxygen atoms in total. The van der Waals surface area contributed by atoms with E-state index in [1.807, 2.05) is 37.3 Å². The molecule has 0 radical (unpaired) electrons. The van der Waals surface area contributed by atoms with E-state index in [0.717, 1.165) is 17.0 Å². The van der Waals surface area contributed by atoms with E-state index in [-0.39, 0.29) is 11.7 Å². The van der Waals surface area contributed by atoms with E-state index in [1.54, 1.807) is 12.1 Å². The number of benzene rings is 1. The third-order valence-corrected chi connectivity index (χ3v) is 4.63. The number of carbonyl (C=O) groups excluding carboxylic acids is 1. The largest absolute Gasteiger partial charge is 0.325 e. The molecule has 8 heteroatoms. The van der Waals surface area contributed by atoms with Crippen LogP contribution in [0.2, 0.25) is 5.02 Å². The summed E-state index contributed by atoms with van der Waals surface area (Å²) in [7, 11) is 0. The van der Waals surface area contributed by atoms with Crippen molar-refractivity contribution >= 4 is 40.7 Å². The van der Waals surface area contributed by atoms with Crippen molar-refractivity contribution in [2.45, 2.75) is 25.9 Å². The fourth-order valence-electron chi connectivity index (χ4n) is 2.34. The van der Waals surface area contributed by atoms with Crippen LogP contribution in [0.25, 0.3) is 5.78 Å². The maximum absolute atomic E-state index is 12.2. The molecule has 1 N–H and O–H groups in total. The van der Waals surface area contributed by atoms with Crippen molar-refractivity contribution in [3.8, 4) is 0 Å². The van der Waals surface area contributed by atoms with Crippen LogP contribution in [0.15, 0.2) is 29.4 Å². The van der Waals surface area contributed by atoms with Crippen LogP contribution in [-0.2, 0) is 4.79 Å². The number of thioether (sulfide) groups is 1. The van der Waals surface area contributed by atoms with E-state index in [4.69, 9.17) is 11.6 Å². The number of anilines is 1. The topological polar surface area (TPSA) is 72.2 Å². The quantitative estimate of drug-likeness (QED) is 0.721. The number of amides is 1. The second-order valence-corrected chi connectivity index (χ2v) is 6.83. The van der Waals surface area contributed by atoms with Crippen LogP contribution in [-0.4, -0.2) is 31.2 Å².